The van der Waals surface area contributed by atoms with Crippen molar-refractivity contribution < 1.29 is 14.3 Å². The molecule has 0 aliphatic carbocycles. The molecule has 160 valence electrons. The van der Waals surface area contributed by atoms with Crippen LogP contribution in [0.1, 0.15) is 33.7 Å². The number of aromatic nitrogens is 4. The molecule has 7 heteroatoms. The lowest BCUT2D eigenvalue weighted by molar-refractivity contribution is 0.0987. The van der Waals surface area contributed by atoms with Crippen LogP contribution < -0.4 is 4.74 Å². The van der Waals surface area contributed by atoms with Gasteiger partial charge >= 0.3 is 0 Å². The van der Waals surface area contributed by atoms with Gasteiger partial charge in [0.15, 0.2) is 5.78 Å². The average Bonchev–Trinajstić information content (AvgIpc) is 3.34. The van der Waals surface area contributed by atoms with Crippen LogP contribution in [0.15, 0.2) is 42.6 Å². The van der Waals surface area contributed by atoms with Gasteiger partial charge in [-0.15, -0.1) is 0 Å². The maximum Gasteiger partial charge on any atom is 0.187 e. The molecule has 0 unspecified atom stereocenters. The Bertz CT molecular complexity index is 1190. The standard InChI is InChI=1S/C24H26N4O3/c1-15-16(2)27-28-23(15)22(29)12-17-11-19-13-21(26-24(19)25-14-17)18-5-7-20(8-6-18)31-10-4-9-30-3/h5-8,11,13-14H,4,9-10,12H2,1-3H3,(H,25,26)(H,27,28). The summed E-state index contributed by atoms with van der Waals surface area (Å²) >= 11 is 0. The van der Waals surface area contributed by atoms with Gasteiger partial charge in [0.1, 0.15) is 17.1 Å². The second-order valence-electron chi connectivity index (χ2n) is 7.61. The number of carbonyl (C=O) groups excluding carboxylic acids is 1. The lowest BCUT2D eigenvalue weighted by atomic mass is 10.0. The van der Waals surface area contributed by atoms with Crippen LogP contribution in [0.5, 0.6) is 5.75 Å². The lowest BCUT2D eigenvalue weighted by Gasteiger charge is -2.06. The quantitative estimate of drug-likeness (QED) is 0.310. The van der Waals surface area contributed by atoms with E-state index >= 15 is 0 Å². The summed E-state index contributed by atoms with van der Waals surface area (Å²) in [4.78, 5) is 20.5. The van der Waals surface area contributed by atoms with E-state index in [-0.39, 0.29) is 12.2 Å². The molecule has 4 aromatic rings. The number of aromatic amines is 2. The molecule has 4 rings (SSSR count). The summed E-state index contributed by atoms with van der Waals surface area (Å²) < 4.78 is 10.7. The molecular formula is C24H26N4O3. The third-order valence-electron chi connectivity index (χ3n) is 5.34. The van der Waals surface area contributed by atoms with E-state index < -0.39 is 0 Å². The Hall–Kier alpha value is -3.45. The lowest BCUT2D eigenvalue weighted by Crippen LogP contribution is -2.06. The zero-order valence-electron chi connectivity index (χ0n) is 18.0. The van der Waals surface area contributed by atoms with E-state index in [1.54, 1.807) is 13.3 Å². The first-order valence-corrected chi connectivity index (χ1v) is 10.3. The Morgan fingerprint density at radius 2 is 1.90 bits per heavy atom. The first-order chi connectivity index (χ1) is 15.0. The molecular weight excluding hydrogens is 392 g/mol. The number of rotatable bonds is 9. The van der Waals surface area contributed by atoms with Crippen molar-refractivity contribution in [2.75, 3.05) is 20.3 Å². The normalized spacial score (nSPS) is 11.2. The maximum atomic E-state index is 12.6. The zero-order valence-corrected chi connectivity index (χ0v) is 18.0. The van der Waals surface area contributed by atoms with Crippen LogP contribution in [-0.4, -0.2) is 46.3 Å². The SMILES string of the molecule is COCCCOc1ccc(-c2cc3cc(CC(=O)c4n[nH]c(C)c4C)cnc3[nH]2)cc1. The highest BCUT2D eigenvalue weighted by Crippen LogP contribution is 2.26. The number of ketones is 1. The fourth-order valence-corrected chi connectivity index (χ4v) is 3.46. The molecule has 0 radical (unpaired) electrons. The van der Waals surface area contributed by atoms with E-state index in [0.29, 0.717) is 18.9 Å². The van der Waals surface area contributed by atoms with Gasteiger partial charge < -0.3 is 14.5 Å². The molecule has 0 amide bonds. The van der Waals surface area contributed by atoms with Crippen molar-refractivity contribution in [1.29, 1.82) is 0 Å². The first-order valence-electron chi connectivity index (χ1n) is 10.3. The molecule has 0 aliphatic rings. The van der Waals surface area contributed by atoms with Gasteiger partial charge in [0.2, 0.25) is 0 Å². The van der Waals surface area contributed by atoms with E-state index in [2.05, 4.69) is 26.2 Å². The summed E-state index contributed by atoms with van der Waals surface area (Å²) in [7, 11) is 1.69. The van der Waals surface area contributed by atoms with Crippen LogP contribution in [0.2, 0.25) is 0 Å². The van der Waals surface area contributed by atoms with E-state index in [1.165, 1.54) is 0 Å². The number of fused-ring (bicyclic) bond motifs is 1. The van der Waals surface area contributed by atoms with E-state index in [0.717, 1.165) is 51.3 Å². The van der Waals surface area contributed by atoms with E-state index in [9.17, 15) is 4.79 Å². The number of hydrogen-bond acceptors (Lipinski definition) is 5. The van der Waals surface area contributed by atoms with Crippen LogP contribution in [0.3, 0.4) is 0 Å². The number of Topliss-reactive ketones (excluding diaryl/α,β-unsaturated/α-hetero) is 1. The molecule has 0 bridgehead atoms. The van der Waals surface area contributed by atoms with Gasteiger partial charge in [0, 0.05) is 55.1 Å². The van der Waals surface area contributed by atoms with Crippen molar-refractivity contribution in [2.24, 2.45) is 0 Å². The Morgan fingerprint density at radius 3 is 2.61 bits per heavy atom. The molecule has 0 spiro atoms. The minimum absolute atomic E-state index is 0.0140. The maximum absolute atomic E-state index is 12.6. The van der Waals surface area contributed by atoms with Crippen molar-refractivity contribution in [2.45, 2.75) is 26.7 Å². The largest absolute Gasteiger partial charge is 0.494 e. The Labute approximate surface area is 180 Å². The van der Waals surface area contributed by atoms with Crippen LogP contribution in [0.25, 0.3) is 22.3 Å². The molecule has 1 aromatic carbocycles. The van der Waals surface area contributed by atoms with Gasteiger partial charge in [0.25, 0.3) is 0 Å². The van der Waals surface area contributed by atoms with Crippen molar-refractivity contribution in [3.05, 3.63) is 65.1 Å². The molecule has 31 heavy (non-hydrogen) atoms. The summed E-state index contributed by atoms with van der Waals surface area (Å²) in [6, 6.07) is 12.0. The van der Waals surface area contributed by atoms with Crippen molar-refractivity contribution in [3.63, 3.8) is 0 Å². The number of nitrogens with one attached hydrogen (secondary N) is 2. The number of carbonyl (C=O) groups is 1. The molecule has 0 fully saturated rings. The fourth-order valence-electron chi connectivity index (χ4n) is 3.46. The van der Waals surface area contributed by atoms with Crippen molar-refractivity contribution >= 4 is 16.8 Å². The number of aryl methyl sites for hydroxylation is 1. The summed E-state index contributed by atoms with van der Waals surface area (Å²) in [5.74, 6) is 0.818. The fraction of sp³-hybridized carbons (Fsp3) is 0.292. The highest BCUT2D eigenvalue weighted by atomic mass is 16.5. The number of nitrogens with zero attached hydrogens (tertiary/aromatic N) is 2. The average molecular weight is 418 g/mol. The second kappa shape index (κ2) is 9.14. The predicted molar refractivity (Wildman–Crippen MR) is 120 cm³/mol. The second-order valence-corrected chi connectivity index (χ2v) is 7.61. The van der Waals surface area contributed by atoms with Crippen LogP contribution in [-0.2, 0) is 11.2 Å². The summed E-state index contributed by atoms with van der Waals surface area (Å²) in [5, 5.41) is 7.97. The molecule has 0 saturated carbocycles. The smallest absolute Gasteiger partial charge is 0.187 e. The number of hydrogen-bond donors (Lipinski definition) is 2. The molecule has 7 nitrogen and oxygen atoms in total. The number of ether oxygens (including phenoxy) is 2. The molecule has 0 saturated heterocycles. The number of methoxy groups -OCH3 is 1. The van der Waals surface area contributed by atoms with Crippen molar-refractivity contribution in [3.8, 4) is 17.0 Å². The monoisotopic (exact) mass is 418 g/mol. The molecule has 0 atom stereocenters. The van der Waals surface area contributed by atoms with Crippen molar-refractivity contribution in [1.82, 2.24) is 20.2 Å². The molecule has 0 aliphatic heterocycles. The molecule has 2 N–H and O–H groups in total. The first kappa shape index (κ1) is 20.8. The predicted octanol–water partition coefficient (Wildman–Crippen LogP) is 4.41. The third kappa shape index (κ3) is 4.67. The number of benzene rings is 1. The Morgan fingerprint density at radius 1 is 1.10 bits per heavy atom. The van der Waals surface area contributed by atoms with Gasteiger partial charge in [0.05, 0.1) is 6.61 Å². The van der Waals surface area contributed by atoms with Crippen LogP contribution >= 0.6 is 0 Å². The van der Waals surface area contributed by atoms with E-state index in [4.69, 9.17) is 9.47 Å². The summed E-state index contributed by atoms with van der Waals surface area (Å²) in [6.45, 7) is 5.13. The van der Waals surface area contributed by atoms with Gasteiger partial charge in [-0.25, -0.2) is 4.98 Å². The van der Waals surface area contributed by atoms with Crippen LogP contribution in [0.4, 0.5) is 0 Å². The van der Waals surface area contributed by atoms with Gasteiger partial charge in [-0.3, -0.25) is 9.89 Å². The Balaban J connectivity index is 1.47. The summed E-state index contributed by atoms with van der Waals surface area (Å²) in [5.41, 5.74) is 5.98. The minimum atomic E-state index is -0.0140. The molecule has 3 aromatic heterocycles. The Kier molecular flexibility index (Phi) is 6.13. The van der Waals surface area contributed by atoms with Gasteiger partial charge in [-0.05, 0) is 61.4 Å². The minimum Gasteiger partial charge on any atom is -0.494 e. The van der Waals surface area contributed by atoms with Crippen LogP contribution in [0, 0.1) is 13.8 Å². The highest BCUT2D eigenvalue weighted by Gasteiger charge is 2.16. The third-order valence-corrected chi connectivity index (χ3v) is 5.34. The van der Waals surface area contributed by atoms with E-state index in [1.807, 2.05) is 44.2 Å². The zero-order chi connectivity index (χ0) is 21.8. The van der Waals surface area contributed by atoms with Gasteiger partial charge in [-0.1, -0.05) is 0 Å². The summed E-state index contributed by atoms with van der Waals surface area (Å²) in [6.07, 6.45) is 2.87. The van der Waals surface area contributed by atoms with Gasteiger partial charge in [-0.2, -0.15) is 5.10 Å². The highest BCUT2D eigenvalue weighted by molar-refractivity contribution is 5.97. The molecule has 3 heterocycles. The topological polar surface area (TPSA) is 92.9 Å². The number of H-pyrrole nitrogens is 2. The number of pyridine rings is 1.